The van der Waals surface area contributed by atoms with Gasteiger partial charge >= 0.3 is 5.69 Å². The first kappa shape index (κ1) is 15.0. The fraction of sp³-hybridized carbons (Fsp3) is 0.0526. The van der Waals surface area contributed by atoms with Crippen molar-refractivity contribution < 1.29 is 9.84 Å². The number of phenolic OH excluding ortho intramolecular Hbond substituents is 1. The number of imidazole rings is 1. The third kappa shape index (κ3) is 2.53. The zero-order chi connectivity index (χ0) is 17.4. The van der Waals surface area contributed by atoms with Crippen LogP contribution < -0.4 is 10.4 Å². The minimum Gasteiger partial charge on any atom is -0.508 e. The Labute approximate surface area is 143 Å². The van der Waals surface area contributed by atoms with Crippen LogP contribution in [0.25, 0.3) is 28.1 Å². The molecule has 0 spiro atoms. The first-order valence-electron chi connectivity index (χ1n) is 7.72. The largest absolute Gasteiger partial charge is 0.508 e. The van der Waals surface area contributed by atoms with Gasteiger partial charge in [-0.2, -0.15) is 0 Å². The maximum Gasteiger partial charge on any atom is 0.332 e. The molecule has 2 aromatic heterocycles. The number of benzene rings is 2. The zero-order valence-corrected chi connectivity index (χ0v) is 13.4. The van der Waals surface area contributed by atoms with Crippen LogP contribution in [0.2, 0.25) is 0 Å². The lowest BCUT2D eigenvalue weighted by Crippen LogP contribution is -2.15. The third-order valence-corrected chi connectivity index (χ3v) is 4.00. The minimum absolute atomic E-state index is 0.163. The Morgan fingerprint density at radius 1 is 1.08 bits per heavy atom. The first-order chi connectivity index (χ1) is 12.2. The van der Waals surface area contributed by atoms with Crippen molar-refractivity contribution in [2.45, 2.75) is 0 Å². The second kappa shape index (κ2) is 5.83. The highest BCUT2D eigenvalue weighted by Crippen LogP contribution is 2.26. The summed E-state index contributed by atoms with van der Waals surface area (Å²) in [4.78, 5) is 19.9. The maximum atomic E-state index is 12.5. The Morgan fingerprint density at radius 2 is 1.92 bits per heavy atom. The molecule has 0 fully saturated rings. The number of fused-ring (bicyclic) bond motifs is 1. The summed E-state index contributed by atoms with van der Waals surface area (Å²) in [6, 6.07) is 17.7. The number of pyridine rings is 1. The van der Waals surface area contributed by atoms with E-state index in [1.54, 1.807) is 49.6 Å². The van der Waals surface area contributed by atoms with Crippen LogP contribution in [0.5, 0.6) is 11.5 Å². The number of para-hydroxylation sites is 2. The van der Waals surface area contributed by atoms with E-state index in [1.807, 2.05) is 18.2 Å². The van der Waals surface area contributed by atoms with Crippen LogP contribution in [0.4, 0.5) is 0 Å². The van der Waals surface area contributed by atoms with Crippen molar-refractivity contribution in [3.05, 3.63) is 71.1 Å². The highest BCUT2D eigenvalue weighted by atomic mass is 16.5. The SMILES string of the molecule is COc1ccccc1-n1c(=O)[nH]c2ccc(-c3cccc(O)c3)nc21. The minimum atomic E-state index is -0.292. The van der Waals surface area contributed by atoms with Gasteiger partial charge in [-0.1, -0.05) is 24.3 Å². The normalized spacial score (nSPS) is 10.9. The summed E-state index contributed by atoms with van der Waals surface area (Å²) in [5, 5.41) is 9.69. The van der Waals surface area contributed by atoms with Gasteiger partial charge in [0.05, 0.1) is 24.0 Å². The van der Waals surface area contributed by atoms with Gasteiger partial charge in [0.1, 0.15) is 11.5 Å². The molecule has 0 saturated heterocycles. The molecule has 0 radical (unpaired) electrons. The van der Waals surface area contributed by atoms with Gasteiger partial charge in [-0.15, -0.1) is 0 Å². The monoisotopic (exact) mass is 333 g/mol. The van der Waals surface area contributed by atoms with Crippen molar-refractivity contribution in [1.82, 2.24) is 14.5 Å². The van der Waals surface area contributed by atoms with Crippen molar-refractivity contribution >= 4 is 11.2 Å². The van der Waals surface area contributed by atoms with Gasteiger partial charge in [0.15, 0.2) is 5.65 Å². The van der Waals surface area contributed by atoms with Crippen LogP contribution in [0.3, 0.4) is 0 Å². The summed E-state index contributed by atoms with van der Waals surface area (Å²) in [5.74, 6) is 0.741. The van der Waals surface area contributed by atoms with E-state index in [0.29, 0.717) is 28.3 Å². The van der Waals surface area contributed by atoms with Gasteiger partial charge in [0, 0.05) is 5.56 Å². The molecule has 25 heavy (non-hydrogen) atoms. The molecule has 4 aromatic rings. The fourth-order valence-electron chi connectivity index (χ4n) is 2.85. The van der Waals surface area contributed by atoms with E-state index in [0.717, 1.165) is 5.56 Å². The Balaban J connectivity index is 1.98. The number of nitrogens with one attached hydrogen (secondary N) is 1. The lowest BCUT2D eigenvalue weighted by molar-refractivity contribution is 0.413. The van der Waals surface area contributed by atoms with Crippen LogP contribution in [0.15, 0.2) is 65.5 Å². The molecular weight excluding hydrogens is 318 g/mol. The van der Waals surface area contributed by atoms with E-state index in [-0.39, 0.29) is 11.4 Å². The summed E-state index contributed by atoms with van der Waals surface area (Å²) >= 11 is 0. The van der Waals surface area contributed by atoms with Crippen LogP contribution in [-0.4, -0.2) is 26.8 Å². The smallest absolute Gasteiger partial charge is 0.332 e. The topological polar surface area (TPSA) is 80.1 Å². The molecule has 6 heteroatoms. The highest BCUT2D eigenvalue weighted by molar-refractivity contribution is 5.78. The van der Waals surface area contributed by atoms with E-state index in [2.05, 4.69) is 9.97 Å². The molecule has 2 heterocycles. The lowest BCUT2D eigenvalue weighted by Gasteiger charge is -2.09. The number of H-pyrrole nitrogens is 1. The molecule has 4 rings (SSSR count). The fourth-order valence-corrected chi connectivity index (χ4v) is 2.85. The number of aromatic nitrogens is 3. The van der Waals surface area contributed by atoms with E-state index >= 15 is 0 Å². The maximum absolute atomic E-state index is 12.5. The summed E-state index contributed by atoms with van der Waals surface area (Å²) in [7, 11) is 1.56. The summed E-state index contributed by atoms with van der Waals surface area (Å²) in [5.41, 5.74) is 2.87. The van der Waals surface area contributed by atoms with Gasteiger partial charge in [-0.05, 0) is 36.4 Å². The van der Waals surface area contributed by atoms with Crippen LogP contribution in [0.1, 0.15) is 0 Å². The van der Waals surface area contributed by atoms with E-state index in [1.165, 1.54) is 4.57 Å². The molecule has 0 amide bonds. The number of aromatic amines is 1. The van der Waals surface area contributed by atoms with Crippen molar-refractivity contribution in [3.63, 3.8) is 0 Å². The summed E-state index contributed by atoms with van der Waals surface area (Å²) in [6.45, 7) is 0. The number of rotatable bonds is 3. The molecule has 0 atom stereocenters. The molecule has 6 nitrogen and oxygen atoms in total. The Morgan fingerprint density at radius 3 is 2.72 bits per heavy atom. The Hall–Kier alpha value is -3.54. The van der Waals surface area contributed by atoms with Crippen LogP contribution >= 0.6 is 0 Å². The average molecular weight is 333 g/mol. The number of hydrogen-bond donors (Lipinski definition) is 2. The molecule has 0 aliphatic heterocycles. The molecule has 0 aliphatic rings. The van der Waals surface area contributed by atoms with Crippen molar-refractivity contribution in [2.24, 2.45) is 0 Å². The number of phenols is 1. The molecule has 0 aliphatic carbocycles. The Kier molecular flexibility index (Phi) is 3.50. The van der Waals surface area contributed by atoms with Gasteiger partial charge < -0.3 is 14.8 Å². The van der Waals surface area contributed by atoms with E-state index in [4.69, 9.17) is 4.74 Å². The summed E-state index contributed by atoms with van der Waals surface area (Å²) in [6.07, 6.45) is 0. The standard InChI is InChI=1S/C19H15N3O3/c1-25-17-8-3-2-7-16(17)22-18-15(21-19(22)24)10-9-14(20-18)12-5-4-6-13(23)11-12/h2-11,23H,1H3,(H,21,24). The average Bonchev–Trinajstić information content (AvgIpc) is 2.96. The second-order valence-corrected chi connectivity index (χ2v) is 5.56. The first-order valence-corrected chi connectivity index (χ1v) is 7.72. The van der Waals surface area contributed by atoms with Crippen LogP contribution in [-0.2, 0) is 0 Å². The number of methoxy groups -OCH3 is 1. The van der Waals surface area contributed by atoms with Gasteiger partial charge in [-0.3, -0.25) is 0 Å². The summed E-state index contributed by atoms with van der Waals surface area (Å²) < 4.78 is 6.86. The van der Waals surface area contributed by atoms with Gasteiger partial charge in [0.25, 0.3) is 0 Å². The third-order valence-electron chi connectivity index (χ3n) is 4.00. The predicted octanol–water partition coefficient (Wildman–Crippen LogP) is 3.10. The molecule has 0 unspecified atom stereocenters. The number of hydrogen-bond acceptors (Lipinski definition) is 4. The Bertz CT molecular complexity index is 1130. The molecule has 2 aromatic carbocycles. The van der Waals surface area contributed by atoms with Gasteiger partial charge in [-0.25, -0.2) is 14.3 Å². The highest BCUT2D eigenvalue weighted by Gasteiger charge is 2.14. The second-order valence-electron chi connectivity index (χ2n) is 5.56. The molecule has 2 N–H and O–H groups in total. The predicted molar refractivity (Wildman–Crippen MR) is 95.3 cm³/mol. The van der Waals surface area contributed by atoms with E-state index < -0.39 is 0 Å². The van der Waals surface area contributed by atoms with E-state index in [9.17, 15) is 9.90 Å². The zero-order valence-electron chi connectivity index (χ0n) is 13.4. The van der Waals surface area contributed by atoms with Crippen molar-refractivity contribution in [2.75, 3.05) is 7.11 Å². The quantitative estimate of drug-likeness (QED) is 0.604. The number of ether oxygens (including phenoxy) is 1. The van der Waals surface area contributed by atoms with Gasteiger partial charge in [0.2, 0.25) is 0 Å². The molecular formula is C19H15N3O3. The molecule has 0 saturated carbocycles. The molecule has 0 bridgehead atoms. The lowest BCUT2D eigenvalue weighted by atomic mass is 10.1. The van der Waals surface area contributed by atoms with Crippen LogP contribution in [0, 0.1) is 0 Å². The van der Waals surface area contributed by atoms with Crippen molar-refractivity contribution in [1.29, 1.82) is 0 Å². The van der Waals surface area contributed by atoms with Crippen molar-refractivity contribution in [3.8, 4) is 28.4 Å². The number of nitrogens with zero attached hydrogens (tertiary/aromatic N) is 2. The number of aromatic hydroxyl groups is 1. The molecule has 124 valence electrons.